The molecule has 75 valence electrons. The molecule has 0 amide bonds. The van der Waals surface area contributed by atoms with Crippen molar-refractivity contribution in [2.24, 2.45) is 0 Å². The molecule has 0 bridgehead atoms. The van der Waals surface area contributed by atoms with Crippen LogP contribution in [0.15, 0.2) is 0 Å². The fourth-order valence-corrected chi connectivity index (χ4v) is 1.12. The third-order valence-corrected chi connectivity index (χ3v) is 1.81. The van der Waals surface area contributed by atoms with Crippen LogP contribution in [-0.2, 0) is 42.2 Å². The molecule has 2 saturated heterocycles. The van der Waals surface area contributed by atoms with Crippen LogP contribution in [0.4, 0.5) is 0 Å². The predicted molar refractivity (Wildman–Crippen MR) is 42.4 cm³/mol. The van der Waals surface area contributed by atoms with E-state index >= 15 is 0 Å². The summed E-state index contributed by atoms with van der Waals surface area (Å²) in [4.78, 5) is 0. The molecule has 0 aromatic rings. The van der Waals surface area contributed by atoms with Crippen molar-refractivity contribution < 1.29 is 52.4 Å². The first kappa shape index (κ1) is 13.9. The minimum atomic E-state index is -0.454. The molecule has 2 fully saturated rings. The van der Waals surface area contributed by atoms with Crippen molar-refractivity contribution in [3.05, 3.63) is 0 Å². The monoisotopic (exact) mass is 265 g/mol. The third kappa shape index (κ3) is 6.94. The Bertz CT molecular complexity index is 96.7. The standard InChI is InChI=1S/2C4H8O2.Y/c2*5-4-2-1-3-6-4;/h2*4-5H,1-3H2;. The third-order valence-electron chi connectivity index (χ3n) is 1.81. The van der Waals surface area contributed by atoms with Crippen LogP contribution in [0.5, 0.6) is 0 Å². The van der Waals surface area contributed by atoms with Gasteiger partial charge in [-0.25, -0.2) is 0 Å². The fraction of sp³-hybridized carbons (Fsp3) is 1.00. The summed E-state index contributed by atoms with van der Waals surface area (Å²) >= 11 is 0. The number of ether oxygens (including phenoxy) is 2. The van der Waals surface area contributed by atoms with Crippen LogP contribution in [0, 0.1) is 0 Å². The Balaban J connectivity index is 0.000000206. The summed E-state index contributed by atoms with van der Waals surface area (Å²) in [6, 6.07) is 0. The van der Waals surface area contributed by atoms with Crippen molar-refractivity contribution in [3.63, 3.8) is 0 Å². The first-order valence-corrected chi connectivity index (χ1v) is 4.38. The smallest absolute Gasteiger partial charge is 0.154 e. The second-order valence-electron chi connectivity index (χ2n) is 2.94. The maximum Gasteiger partial charge on any atom is 0.154 e. The average Bonchev–Trinajstić information content (AvgIpc) is 2.63. The van der Waals surface area contributed by atoms with Crippen LogP contribution >= 0.6 is 0 Å². The van der Waals surface area contributed by atoms with Gasteiger partial charge in [0.1, 0.15) is 0 Å². The second kappa shape index (κ2) is 8.27. The Morgan fingerprint density at radius 1 is 0.846 bits per heavy atom. The fourth-order valence-electron chi connectivity index (χ4n) is 1.12. The Morgan fingerprint density at radius 3 is 1.31 bits per heavy atom. The summed E-state index contributed by atoms with van der Waals surface area (Å²) < 4.78 is 9.42. The van der Waals surface area contributed by atoms with Crippen LogP contribution in [0.1, 0.15) is 25.7 Å². The van der Waals surface area contributed by atoms with Crippen molar-refractivity contribution in [2.45, 2.75) is 38.3 Å². The van der Waals surface area contributed by atoms with Crippen molar-refractivity contribution in [1.29, 1.82) is 0 Å². The van der Waals surface area contributed by atoms with Gasteiger partial charge in [0.25, 0.3) is 0 Å². The van der Waals surface area contributed by atoms with E-state index < -0.39 is 12.6 Å². The van der Waals surface area contributed by atoms with Gasteiger partial charge in [-0.1, -0.05) is 0 Å². The van der Waals surface area contributed by atoms with Gasteiger partial charge in [0, 0.05) is 58.8 Å². The van der Waals surface area contributed by atoms with Gasteiger partial charge in [-0.2, -0.15) is 0 Å². The van der Waals surface area contributed by atoms with Gasteiger partial charge >= 0.3 is 0 Å². The molecule has 5 heteroatoms. The molecule has 2 N–H and O–H groups in total. The first-order chi connectivity index (χ1) is 5.79. The molecule has 0 aromatic carbocycles. The number of rotatable bonds is 0. The Morgan fingerprint density at radius 2 is 1.23 bits per heavy atom. The molecule has 0 aromatic heterocycles. The Labute approximate surface area is 103 Å². The summed E-state index contributed by atoms with van der Waals surface area (Å²) in [5.74, 6) is 0. The van der Waals surface area contributed by atoms with E-state index in [1.807, 2.05) is 0 Å². The van der Waals surface area contributed by atoms with Crippen LogP contribution in [0.2, 0.25) is 0 Å². The normalized spacial score (nSPS) is 31.8. The summed E-state index contributed by atoms with van der Waals surface area (Å²) in [7, 11) is 0. The largest absolute Gasteiger partial charge is 0.368 e. The molecule has 1 radical (unpaired) electrons. The predicted octanol–water partition coefficient (Wildman–Crippen LogP) is 0.228. The molecule has 2 unspecified atom stereocenters. The average molecular weight is 265 g/mol. The number of hydrogen-bond acceptors (Lipinski definition) is 4. The summed E-state index contributed by atoms with van der Waals surface area (Å²) in [5, 5.41) is 17.0. The molecule has 13 heavy (non-hydrogen) atoms. The quantitative estimate of drug-likeness (QED) is 0.658. The zero-order valence-corrected chi connectivity index (χ0v) is 10.5. The summed E-state index contributed by atoms with van der Waals surface area (Å²) in [5.41, 5.74) is 0. The summed E-state index contributed by atoms with van der Waals surface area (Å²) in [6.45, 7) is 1.47. The minimum Gasteiger partial charge on any atom is -0.368 e. The van der Waals surface area contributed by atoms with Crippen molar-refractivity contribution in [1.82, 2.24) is 0 Å². The van der Waals surface area contributed by atoms with Crippen LogP contribution in [0.3, 0.4) is 0 Å². The first-order valence-electron chi connectivity index (χ1n) is 4.38. The van der Waals surface area contributed by atoms with Gasteiger partial charge in [-0.05, 0) is 12.8 Å². The van der Waals surface area contributed by atoms with Crippen LogP contribution < -0.4 is 0 Å². The van der Waals surface area contributed by atoms with E-state index in [1.165, 1.54) is 0 Å². The van der Waals surface area contributed by atoms with Gasteiger partial charge in [-0.15, -0.1) is 0 Å². The minimum absolute atomic E-state index is 0. The molecule has 4 nitrogen and oxygen atoms in total. The second-order valence-corrected chi connectivity index (χ2v) is 2.94. The van der Waals surface area contributed by atoms with Crippen molar-refractivity contribution in [3.8, 4) is 0 Å². The molecule has 0 aliphatic carbocycles. The maximum absolute atomic E-state index is 8.51. The molecular formula is C8H16O4Y. The van der Waals surface area contributed by atoms with E-state index in [-0.39, 0.29) is 32.7 Å². The molecule has 2 aliphatic heterocycles. The van der Waals surface area contributed by atoms with Gasteiger partial charge in [-0.3, -0.25) is 0 Å². The molecule has 2 heterocycles. The van der Waals surface area contributed by atoms with Gasteiger partial charge in [0.2, 0.25) is 0 Å². The zero-order chi connectivity index (χ0) is 8.81. The van der Waals surface area contributed by atoms with Crippen molar-refractivity contribution in [2.75, 3.05) is 13.2 Å². The van der Waals surface area contributed by atoms with E-state index in [0.29, 0.717) is 0 Å². The molecular weight excluding hydrogens is 249 g/mol. The van der Waals surface area contributed by atoms with Gasteiger partial charge < -0.3 is 19.7 Å². The van der Waals surface area contributed by atoms with Gasteiger partial charge in [0.05, 0.1) is 0 Å². The van der Waals surface area contributed by atoms with Crippen LogP contribution in [0.25, 0.3) is 0 Å². The van der Waals surface area contributed by atoms with Crippen molar-refractivity contribution >= 4 is 0 Å². The van der Waals surface area contributed by atoms with E-state index in [0.717, 1.165) is 38.9 Å². The number of hydrogen-bond donors (Lipinski definition) is 2. The molecule has 0 spiro atoms. The van der Waals surface area contributed by atoms with E-state index in [1.54, 1.807) is 0 Å². The van der Waals surface area contributed by atoms with E-state index in [9.17, 15) is 0 Å². The Hall–Kier alpha value is 0.944. The molecule has 2 aliphatic rings. The summed E-state index contributed by atoms with van der Waals surface area (Å²) in [6.07, 6.45) is 2.76. The molecule has 2 rings (SSSR count). The number of aliphatic hydroxyl groups excluding tert-OH is 2. The van der Waals surface area contributed by atoms with Crippen LogP contribution in [-0.4, -0.2) is 36.0 Å². The van der Waals surface area contributed by atoms with E-state index in [4.69, 9.17) is 19.7 Å². The number of aliphatic hydroxyl groups is 2. The van der Waals surface area contributed by atoms with Gasteiger partial charge in [0.15, 0.2) is 12.6 Å². The molecule has 2 atom stereocenters. The maximum atomic E-state index is 8.51. The van der Waals surface area contributed by atoms with E-state index in [2.05, 4.69) is 0 Å². The molecule has 0 saturated carbocycles. The topological polar surface area (TPSA) is 58.9 Å². The zero-order valence-electron chi connectivity index (χ0n) is 7.69. The SMILES string of the molecule is OC1CCCO1.OC1CCCO1.[Y]. The Kier molecular flexibility index (Phi) is 8.87.